The van der Waals surface area contributed by atoms with Gasteiger partial charge in [-0.2, -0.15) is 0 Å². The summed E-state index contributed by atoms with van der Waals surface area (Å²) in [5.74, 6) is -3.27. The highest BCUT2D eigenvalue weighted by molar-refractivity contribution is 6.23. The van der Waals surface area contributed by atoms with Gasteiger partial charge in [0.2, 0.25) is 0 Å². The molecule has 0 bridgehead atoms. The van der Waals surface area contributed by atoms with Crippen molar-refractivity contribution >= 4 is 23.4 Å². The number of ketones is 1. The van der Waals surface area contributed by atoms with Gasteiger partial charge < -0.3 is 24.8 Å². The van der Waals surface area contributed by atoms with E-state index < -0.39 is 35.5 Å². The Hall–Kier alpha value is -3.39. The fourth-order valence-corrected chi connectivity index (χ4v) is 3.06. The normalized spacial score (nSPS) is 15.1. The number of hydrogen-bond donors (Lipinski definition) is 3. The number of carbonyl (C=O) groups is 3. The first kappa shape index (κ1) is 19.4. The number of Topliss-reactive ketones (excluding diaryl/α,β-unsaturated/α-hetero) is 1. The van der Waals surface area contributed by atoms with Gasteiger partial charge in [0.25, 0.3) is 5.91 Å². The zero-order valence-corrected chi connectivity index (χ0v) is 15.1. The summed E-state index contributed by atoms with van der Waals surface area (Å²) in [5, 5.41) is 21.7. The molecule has 0 fully saturated rings. The van der Waals surface area contributed by atoms with Crippen LogP contribution < -0.4 is 5.32 Å². The largest absolute Gasteiger partial charge is 0.505 e. The maximum atomic E-state index is 12.5. The van der Waals surface area contributed by atoms with E-state index in [1.54, 1.807) is 16.7 Å². The van der Waals surface area contributed by atoms with Crippen molar-refractivity contribution in [1.29, 1.82) is 0 Å². The Bertz CT molecular complexity index is 929. The molecular formula is C20H20N2O6. The number of aliphatic carboxylic acids is 1. The third kappa shape index (κ3) is 4.12. The summed E-state index contributed by atoms with van der Waals surface area (Å²) in [4.78, 5) is 35.6. The van der Waals surface area contributed by atoms with Crippen molar-refractivity contribution in [3.63, 3.8) is 0 Å². The summed E-state index contributed by atoms with van der Waals surface area (Å²) in [6.07, 6.45) is -0.0911. The number of rotatable bonds is 4. The van der Waals surface area contributed by atoms with Gasteiger partial charge in [0, 0.05) is 18.7 Å². The number of nitrogens with one attached hydrogen (secondary N) is 1. The van der Waals surface area contributed by atoms with Crippen molar-refractivity contribution < 1.29 is 29.3 Å². The Morgan fingerprint density at radius 2 is 1.79 bits per heavy atom. The minimum absolute atomic E-state index is 0.0911. The molecule has 2 aromatic rings. The zero-order valence-electron chi connectivity index (χ0n) is 15.1. The maximum absolute atomic E-state index is 12.5. The first-order valence-corrected chi connectivity index (χ1v) is 8.78. The number of ether oxygens (including phenoxy) is 1. The molecule has 0 aliphatic carbocycles. The predicted molar refractivity (Wildman–Crippen MR) is 101 cm³/mol. The number of benzene rings is 1. The van der Waals surface area contributed by atoms with E-state index in [2.05, 4.69) is 5.32 Å². The molecule has 1 aromatic heterocycles. The minimum Gasteiger partial charge on any atom is -0.505 e. The third-order valence-electron chi connectivity index (χ3n) is 4.37. The average molecular weight is 384 g/mol. The van der Waals surface area contributed by atoms with Crippen molar-refractivity contribution in [3.05, 3.63) is 53.7 Å². The average Bonchev–Trinajstić information content (AvgIpc) is 3.10. The van der Waals surface area contributed by atoms with Crippen LogP contribution in [0.25, 0.3) is 17.0 Å². The topological polar surface area (TPSA) is 118 Å². The van der Waals surface area contributed by atoms with Gasteiger partial charge in [-0.15, -0.1) is 0 Å². The summed E-state index contributed by atoms with van der Waals surface area (Å²) < 4.78 is 7.26. The molecule has 0 unspecified atom stereocenters. The number of carboxylic acids is 1. The van der Waals surface area contributed by atoms with Gasteiger partial charge >= 0.3 is 5.97 Å². The molecule has 28 heavy (non-hydrogen) atoms. The summed E-state index contributed by atoms with van der Waals surface area (Å²) in [7, 11) is 0. The van der Waals surface area contributed by atoms with Crippen LogP contribution in [0.5, 0.6) is 0 Å². The van der Waals surface area contributed by atoms with Crippen molar-refractivity contribution in [3.8, 4) is 11.3 Å². The molecule has 8 nitrogen and oxygen atoms in total. The number of aliphatic hydroxyl groups is 1. The summed E-state index contributed by atoms with van der Waals surface area (Å²) in [5.41, 5.74) is 1.52. The SMILES string of the molecule is O=C(O)CNC(=O)C1=C(O)c2ccc(-c3ccccc3)n2CCOCCC1=O. The number of carbonyl (C=O) groups excluding carboxylic acids is 2. The van der Waals surface area contributed by atoms with E-state index in [1.165, 1.54) is 0 Å². The lowest BCUT2D eigenvalue weighted by Crippen LogP contribution is -2.34. The van der Waals surface area contributed by atoms with E-state index in [0.717, 1.165) is 11.3 Å². The Morgan fingerprint density at radius 3 is 2.50 bits per heavy atom. The Labute approximate surface area is 161 Å². The summed E-state index contributed by atoms with van der Waals surface area (Å²) in [6, 6.07) is 12.9. The quantitative estimate of drug-likeness (QED) is 0.690. The first-order chi connectivity index (χ1) is 13.5. The molecule has 1 amide bonds. The van der Waals surface area contributed by atoms with Crippen LogP contribution in [0.4, 0.5) is 0 Å². The van der Waals surface area contributed by atoms with Crippen LogP contribution in [0.15, 0.2) is 48.0 Å². The highest BCUT2D eigenvalue weighted by Crippen LogP contribution is 2.28. The number of aromatic nitrogens is 1. The van der Waals surface area contributed by atoms with Crippen LogP contribution in [-0.2, 0) is 25.7 Å². The fourth-order valence-electron chi connectivity index (χ4n) is 3.06. The molecule has 8 heteroatoms. The second-order valence-electron chi connectivity index (χ2n) is 6.21. The van der Waals surface area contributed by atoms with E-state index in [-0.39, 0.29) is 18.7 Å². The van der Waals surface area contributed by atoms with E-state index in [1.807, 2.05) is 30.3 Å². The fraction of sp³-hybridized carbons (Fsp3) is 0.250. The molecule has 0 saturated carbocycles. The molecule has 0 spiro atoms. The first-order valence-electron chi connectivity index (χ1n) is 8.78. The Balaban J connectivity index is 2.10. The smallest absolute Gasteiger partial charge is 0.322 e. The van der Waals surface area contributed by atoms with Crippen molar-refractivity contribution in [2.24, 2.45) is 0 Å². The molecule has 0 atom stereocenters. The van der Waals surface area contributed by atoms with Crippen molar-refractivity contribution in [2.75, 3.05) is 19.8 Å². The number of fused-ring (bicyclic) bond motifs is 1. The van der Waals surface area contributed by atoms with E-state index in [4.69, 9.17) is 9.84 Å². The molecule has 1 aromatic carbocycles. The van der Waals surface area contributed by atoms with Crippen LogP contribution in [0.2, 0.25) is 0 Å². The predicted octanol–water partition coefficient (Wildman–Crippen LogP) is 1.61. The van der Waals surface area contributed by atoms with E-state index in [9.17, 15) is 19.5 Å². The molecule has 3 N–H and O–H groups in total. The van der Waals surface area contributed by atoms with Crippen LogP contribution in [0.1, 0.15) is 12.1 Å². The van der Waals surface area contributed by atoms with Gasteiger partial charge in [-0.25, -0.2) is 0 Å². The lowest BCUT2D eigenvalue weighted by atomic mass is 10.0. The number of aliphatic hydroxyl groups excluding tert-OH is 1. The van der Waals surface area contributed by atoms with Gasteiger partial charge in [0.15, 0.2) is 11.5 Å². The van der Waals surface area contributed by atoms with Crippen molar-refractivity contribution in [2.45, 2.75) is 13.0 Å². The van der Waals surface area contributed by atoms with E-state index in [0.29, 0.717) is 13.2 Å². The molecule has 0 saturated heterocycles. The van der Waals surface area contributed by atoms with Crippen LogP contribution >= 0.6 is 0 Å². The molecule has 1 aliphatic rings. The molecule has 2 heterocycles. The van der Waals surface area contributed by atoms with Crippen LogP contribution in [0.3, 0.4) is 0 Å². The lowest BCUT2D eigenvalue weighted by molar-refractivity contribution is -0.137. The van der Waals surface area contributed by atoms with Crippen LogP contribution in [-0.4, -0.2) is 52.2 Å². The zero-order chi connectivity index (χ0) is 20.1. The number of hydrogen-bond acceptors (Lipinski definition) is 5. The highest BCUT2D eigenvalue weighted by Gasteiger charge is 2.27. The van der Waals surface area contributed by atoms with Gasteiger partial charge in [0.1, 0.15) is 12.1 Å². The number of nitrogens with zero attached hydrogens (tertiary/aromatic N) is 1. The minimum atomic E-state index is -1.25. The molecule has 146 valence electrons. The standard InChI is InChI=1S/C20H20N2O6/c23-16-8-10-28-11-9-22-14(13-4-2-1-3-5-13)6-7-15(22)19(26)18(16)20(27)21-12-17(24)25/h1-7,26H,8-12H2,(H,21,27)(H,24,25). The lowest BCUT2D eigenvalue weighted by Gasteiger charge is -2.17. The number of carboxylic acid groups (broad SMARTS) is 1. The maximum Gasteiger partial charge on any atom is 0.322 e. The molecule has 1 aliphatic heterocycles. The second-order valence-corrected chi connectivity index (χ2v) is 6.21. The van der Waals surface area contributed by atoms with Gasteiger partial charge in [0.05, 0.1) is 18.9 Å². The molecule has 0 radical (unpaired) electrons. The molecular weight excluding hydrogens is 364 g/mol. The summed E-state index contributed by atoms with van der Waals surface area (Å²) in [6.45, 7) is 0.187. The Kier molecular flexibility index (Phi) is 5.90. The van der Waals surface area contributed by atoms with Crippen molar-refractivity contribution in [1.82, 2.24) is 9.88 Å². The Morgan fingerprint density at radius 1 is 1.07 bits per heavy atom. The molecule has 3 rings (SSSR count). The highest BCUT2D eigenvalue weighted by atomic mass is 16.5. The number of amides is 1. The monoisotopic (exact) mass is 384 g/mol. The van der Waals surface area contributed by atoms with Gasteiger partial charge in [-0.3, -0.25) is 14.4 Å². The van der Waals surface area contributed by atoms with Gasteiger partial charge in [-0.05, 0) is 17.7 Å². The van der Waals surface area contributed by atoms with Gasteiger partial charge in [-0.1, -0.05) is 30.3 Å². The van der Waals surface area contributed by atoms with E-state index >= 15 is 0 Å². The van der Waals surface area contributed by atoms with Crippen LogP contribution in [0, 0.1) is 0 Å². The summed E-state index contributed by atoms with van der Waals surface area (Å²) >= 11 is 0. The third-order valence-corrected chi connectivity index (χ3v) is 4.37. The second kappa shape index (κ2) is 8.53.